The van der Waals surface area contributed by atoms with Crippen LogP contribution in [0.15, 0.2) is 53.7 Å². The predicted molar refractivity (Wildman–Crippen MR) is 112 cm³/mol. The zero-order chi connectivity index (χ0) is 19.1. The van der Waals surface area contributed by atoms with Gasteiger partial charge in [-0.2, -0.15) is 4.31 Å². The fraction of sp³-hybridized carbons (Fsp3) is 0.450. The molecule has 8 heteroatoms. The number of hydrogen-bond acceptors (Lipinski definition) is 5. The van der Waals surface area contributed by atoms with Crippen molar-refractivity contribution < 1.29 is 13.2 Å². The van der Waals surface area contributed by atoms with Crippen LogP contribution < -0.4 is 10.1 Å². The summed E-state index contributed by atoms with van der Waals surface area (Å²) in [5.41, 5.74) is 0.893. The molecule has 1 aliphatic rings. The molecule has 1 aromatic heterocycles. The third kappa shape index (κ3) is 5.44. The van der Waals surface area contributed by atoms with Gasteiger partial charge in [-0.05, 0) is 42.3 Å². The van der Waals surface area contributed by atoms with Crippen LogP contribution in [0.4, 0.5) is 0 Å². The summed E-state index contributed by atoms with van der Waals surface area (Å²) in [4.78, 5) is 4.43. The van der Waals surface area contributed by atoms with Gasteiger partial charge in [0.2, 0.25) is 10.0 Å². The molecule has 0 amide bonds. The number of pyridine rings is 1. The van der Waals surface area contributed by atoms with E-state index in [1.807, 2.05) is 12.1 Å². The second kappa shape index (κ2) is 10.8. The Morgan fingerprint density at radius 3 is 2.68 bits per heavy atom. The van der Waals surface area contributed by atoms with Crippen molar-refractivity contribution in [3.63, 3.8) is 0 Å². The highest BCUT2D eigenvalue weighted by molar-refractivity contribution is 7.89. The molecular weight excluding hydrogens is 398 g/mol. The van der Waals surface area contributed by atoms with Gasteiger partial charge in [0.25, 0.3) is 0 Å². The standard InChI is InChI=1S/C20H27N3O3S.ClH/c1-2-3-4-14-26-18-7-9-19(10-8-18)27(24,25)23-13-12-22-16-20(23)17-6-5-11-21-15-17;/h5-11,15,20,22H,2-4,12-14,16H2,1H3;1H. The summed E-state index contributed by atoms with van der Waals surface area (Å²) >= 11 is 0. The van der Waals surface area contributed by atoms with E-state index in [2.05, 4.69) is 17.2 Å². The van der Waals surface area contributed by atoms with Gasteiger partial charge < -0.3 is 10.1 Å². The third-order valence-corrected chi connectivity index (χ3v) is 6.63. The van der Waals surface area contributed by atoms with Gasteiger partial charge in [-0.1, -0.05) is 25.8 Å². The van der Waals surface area contributed by atoms with Crippen LogP contribution in [0.1, 0.15) is 37.8 Å². The molecule has 1 N–H and O–H groups in total. The van der Waals surface area contributed by atoms with Crippen molar-refractivity contribution in [2.75, 3.05) is 26.2 Å². The average molecular weight is 426 g/mol. The quantitative estimate of drug-likeness (QED) is 0.656. The van der Waals surface area contributed by atoms with Crippen LogP contribution in [0.5, 0.6) is 5.75 Å². The molecule has 2 aromatic rings. The third-order valence-electron chi connectivity index (χ3n) is 4.71. The Labute approximate surface area is 173 Å². The highest BCUT2D eigenvalue weighted by Gasteiger charge is 2.34. The van der Waals surface area contributed by atoms with E-state index in [0.717, 1.165) is 24.8 Å². The number of nitrogens with one attached hydrogen (secondary N) is 1. The van der Waals surface area contributed by atoms with Gasteiger partial charge in [0, 0.05) is 32.0 Å². The maximum Gasteiger partial charge on any atom is 0.243 e. The number of sulfonamides is 1. The number of piperazine rings is 1. The summed E-state index contributed by atoms with van der Waals surface area (Å²) in [5, 5.41) is 3.28. The average Bonchev–Trinajstić information content (AvgIpc) is 2.72. The summed E-state index contributed by atoms with van der Waals surface area (Å²) in [6.45, 7) is 4.44. The molecule has 0 saturated carbocycles. The number of nitrogens with zero attached hydrogens (tertiary/aromatic N) is 2. The van der Waals surface area contributed by atoms with E-state index >= 15 is 0 Å². The first-order valence-electron chi connectivity index (χ1n) is 9.48. The molecule has 3 rings (SSSR count). The Hall–Kier alpha value is -1.67. The minimum absolute atomic E-state index is 0. The van der Waals surface area contributed by atoms with Gasteiger partial charge in [-0.3, -0.25) is 4.98 Å². The SMILES string of the molecule is CCCCCOc1ccc(S(=O)(=O)N2CCNCC2c2cccnc2)cc1.Cl. The van der Waals surface area contributed by atoms with Crippen molar-refractivity contribution in [2.24, 2.45) is 0 Å². The maximum absolute atomic E-state index is 13.2. The summed E-state index contributed by atoms with van der Waals surface area (Å²) in [7, 11) is -3.60. The van der Waals surface area contributed by atoms with E-state index in [-0.39, 0.29) is 18.4 Å². The molecule has 1 aromatic carbocycles. The first kappa shape index (κ1) is 22.6. The topological polar surface area (TPSA) is 71.5 Å². The molecule has 0 aliphatic carbocycles. The van der Waals surface area contributed by atoms with Crippen molar-refractivity contribution in [1.82, 2.24) is 14.6 Å². The number of benzene rings is 1. The lowest BCUT2D eigenvalue weighted by Gasteiger charge is -2.35. The number of halogens is 1. The Morgan fingerprint density at radius 2 is 2.00 bits per heavy atom. The number of hydrogen-bond donors (Lipinski definition) is 1. The van der Waals surface area contributed by atoms with Crippen LogP contribution in [-0.4, -0.2) is 43.9 Å². The molecule has 6 nitrogen and oxygen atoms in total. The maximum atomic E-state index is 13.2. The van der Waals surface area contributed by atoms with E-state index in [0.29, 0.717) is 36.9 Å². The number of ether oxygens (including phenoxy) is 1. The molecule has 1 saturated heterocycles. The summed E-state index contributed by atoms with van der Waals surface area (Å²) in [5.74, 6) is 0.703. The van der Waals surface area contributed by atoms with Crippen LogP contribution in [0.3, 0.4) is 0 Å². The first-order chi connectivity index (χ1) is 13.1. The Morgan fingerprint density at radius 1 is 1.21 bits per heavy atom. The largest absolute Gasteiger partial charge is 0.494 e. The van der Waals surface area contributed by atoms with Gasteiger partial charge in [0.1, 0.15) is 5.75 Å². The van der Waals surface area contributed by atoms with E-state index < -0.39 is 10.0 Å². The highest BCUT2D eigenvalue weighted by atomic mass is 35.5. The summed E-state index contributed by atoms with van der Waals surface area (Å²) in [6, 6.07) is 10.2. The van der Waals surface area contributed by atoms with Gasteiger partial charge >= 0.3 is 0 Å². The molecule has 0 spiro atoms. The molecule has 1 unspecified atom stereocenters. The molecule has 1 atom stereocenters. The van der Waals surface area contributed by atoms with Crippen LogP contribution in [-0.2, 0) is 10.0 Å². The van der Waals surface area contributed by atoms with Crippen LogP contribution >= 0.6 is 12.4 Å². The van der Waals surface area contributed by atoms with Crippen molar-refractivity contribution in [1.29, 1.82) is 0 Å². The van der Waals surface area contributed by atoms with Crippen molar-refractivity contribution in [3.05, 3.63) is 54.4 Å². The second-order valence-corrected chi connectivity index (χ2v) is 8.54. The smallest absolute Gasteiger partial charge is 0.243 e. The van der Waals surface area contributed by atoms with Crippen molar-refractivity contribution in [2.45, 2.75) is 37.1 Å². The van der Waals surface area contributed by atoms with Crippen molar-refractivity contribution in [3.8, 4) is 5.75 Å². The molecule has 1 aliphatic heterocycles. The number of aromatic nitrogens is 1. The Bertz CT molecular complexity index is 816. The molecule has 2 heterocycles. The van der Waals surface area contributed by atoms with E-state index in [9.17, 15) is 8.42 Å². The molecule has 0 bridgehead atoms. The normalized spacial score (nSPS) is 17.7. The van der Waals surface area contributed by atoms with Gasteiger partial charge in [-0.15, -0.1) is 12.4 Å². The van der Waals surface area contributed by atoms with Crippen molar-refractivity contribution >= 4 is 22.4 Å². The van der Waals surface area contributed by atoms with Crippen LogP contribution in [0.25, 0.3) is 0 Å². The first-order valence-corrected chi connectivity index (χ1v) is 10.9. The van der Waals surface area contributed by atoms with E-state index in [4.69, 9.17) is 4.74 Å². The van der Waals surface area contributed by atoms with E-state index in [1.54, 1.807) is 41.0 Å². The number of unbranched alkanes of at least 4 members (excludes halogenated alkanes) is 2. The van der Waals surface area contributed by atoms with Crippen LogP contribution in [0, 0.1) is 0 Å². The van der Waals surface area contributed by atoms with Gasteiger partial charge in [0.15, 0.2) is 0 Å². The molecule has 28 heavy (non-hydrogen) atoms. The zero-order valence-electron chi connectivity index (χ0n) is 16.1. The summed E-state index contributed by atoms with van der Waals surface area (Å²) < 4.78 is 33.7. The van der Waals surface area contributed by atoms with Gasteiger partial charge in [-0.25, -0.2) is 8.42 Å². The molecular formula is C20H28ClN3O3S. The van der Waals surface area contributed by atoms with Crippen LogP contribution in [0.2, 0.25) is 0 Å². The molecule has 0 radical (unpaired) electrons. The predicted octanol–water partition coefficient (Wildman–Crippen LogP) is 3.41. The fourth-order valence-corrected chi connectivity index (χ4v) is 4.83. The number of rotatable bonds is 8. The fourth-order valence-electron chi connectivity index (χ4n) is 3.22. The Balaban J connectivity index is 0.00000280. The summed E-state index contributed by atoms with van der Waals surface area (Å²) in [6.07, 6.45) is 6.70. The molecule has 1 fully saturated rings. The van der Waals surface area contributed by atoms with E-state index in [1.165, 1.54) is 0 Å². The minimum Gasteiger partial charge on any atom is -0.494 e. The van der Waals surface area contributed by atoms with Gasteiger partial charge in [0.05, 0.1) is 17.5 Å². The highest BCUT2D eigenvalue weighted by Crippen LogP contribution is 2.29. The Kier molecular flexibility index (Phi) is 8.69. The lowest BCUT2D eigenvalue weighted by molar-refractivity contribution is 0.271. The minimum atomic E-state index is -3.60. The lowest BCUT2D eigenvalue weighted by atomic mass is 10.1. The second-order valence-electron chi connectivity index (χ2n) is 6.65. The zero-order valence-corrected chi connectivity index (χ0v) is 17.7. The monoisotopic (exact) mass is 425 g/mol. The molecule has 154 valence electrons. The lowest BCUT2D eigenvalue weighted by Crippen LogP contribution is -2.48.